The fraction of sp³-hybridized carbons (Fsp3) is 0.154. The lowest BCUT2D eigenvalue weighted by Gasteiger charge is -2.23. The smallest absolute Gasteiger partial charge is 0.181 e. The first-order chi connectivity index (χ1) is 23.5. The summed E-state index contributed by atoms with van der Waals surface area (Å²) in [5.74, 6) is 4.40. The van der Waals surface area contributed by atoms with E-state index in [1.807, 2.05) is 72.8 Å². The van der Waals surface area contributed by atoms with Gasteiger partial charge in [-0.1, -0.05) is 0 Å². The molecular weight excluding hydrogens is 606 g/mol. The number of hydrogen-bond donors (Lipinski definition) is 0. The zero-order valence-electron chi connectivity index (χ0n) is 26.8. The van der Waals surface area contributed by atoms with E-state index in [-0.39, 0.29) is 0 Å². The molecule has 0 atom stereocenters. The monoisotopic (exact) mass is 639 g/mol. The number of benzene rings is 4. The van der Waals surface area contributed by atoms with Gasteiger partial charge in [-0.05, 0) is 127 Å². The first-order valence-electron chi connectivity index (χ1n) is 15.5. The number of nitrogens with zero attached hydrogens (tertiary/aromatic N) is 3. The SMILES string of the molecule is Cc1c(COc2ccc(-c3cnco3)cc2)c(C)c(COc2ccc(-c3cnco3)cc2)c(C)c1COc1ccc(-c2cnco2)cc1. The van der Waals surface area contributed by atoms with Gasteiger partial charge < -0.3 is 27.5 Å². The summed E-state index contributed by atoms with van der Waals surface area (Å²) in [4.78, 5) is 12.0. The molecule has 240 valence electrons. The van der Waals surface area contributed by atoms with E-state index in [9.17, 15) is 0 Å². The van der Waals surface area contributed by atoms with E-state index >= 15 is 0 Å². The number of oxazole rings is 3. The van der Waals surface area contributed by atoms with Crippen molar-refractivity contribution in [2.45, 2.75) is 40.6 Å². The van der Waals surface area contributed by atoms with Crippen molar-refractivity contribution in [2.75, 3.05) is 0 Å². The molecule has 7 rings (SSSR count). The highest BCUT2D eigenvalue weighted by Gasteiger charge is 2.19. The van der Waals surface area contributed by atoms with Gasteiger partial charge in [0, 0.05) is 16.7 Å². The predicted molar refractivity (Wildman–Crippen MR) is 179 cm³/mol. The van der Waals surface area contributed by atoms with Gasteiger partial charge in [-0.25, -0.2) is 15.0 Å². The Morgan fingerprint density at radius 3 is 0.917 bits per heavy atom. The third kappa shape index (κ3) is 6.57. The van der Waals surface area contributed by atoms with Crippen LogP contribution in [-0.4, -0.2) is 15.0 Å². The van der Waals surface area contributed by atoms with Crippen LogP contribution in [0.5, 0.6) is 17.2 Å². The molecule has 0 N–H and O–H groups in total. The number of aromatic nitrogens is 3. The molecule has 9 nitrogen and oxygen atoms in total. The molecule has 9 heteroatoms. The van der Waals surface area contributed by atoms with Gasteiger partial charge in [-0.3, -0.25) is 0 Å². The molecule has 0 fully saturated rings. The van der Waals surface area contributed by atoms with Gasteiger partial charge in [0.05, 0.1) is 18.6 Å². The fourth-order valence-electron chi connectivity index (χ4n) is 5.73. The first-order valence-corrected chi connectivity index (χ1v) is 15.5. The molecule has 0 spiro atoms. The van der Waals surface area contributed by atoms with E-state index in [0.717, 1.165) is 67.3 Å². The van der Waals surface area contributed by atoms with Gasteiger partial charge >= 0.3 is 0 Å². The number of ether oxygens (including phenoxy) is 3. The highest BCUT2D eigenvalue weighted by molar-refractivity contribution is 5.59. The molecule has 7 aromatic rings. The molecular formula is C39H33N3O6. The van der Waals surface area contributed by atoms with Crippen LogP contribution < -0.4 is 14.2 Å². The van der Waals surface area contributed by atoms with E-state index in [1.165, 1.54) is 19.2 Å². The Kier molecular flexibility index (Phi) is 8.74. The van der Waals surface area contributed by atoms with Crippen LogP contribution in [0.3, 0.4) is 0 Å². The van der Waals surface area contributed by atoms with Crippen LogP contribution in [0.4, 0.5) is 0 Å². The van der Waals surface area contributed by atoms with E-state index in [0.29, 0.717) is 37.1 Å². The van der Waals surface area contributed by atoms with E-state index in [2.05, 4.69) is 35.7 Å². The summed E-state index contributed by atoms with van der Waals surface area (Å²) in [6.07, 6.45) is 9.35. The van der Waals surface area contributed by atoms with Crippen molar-refractivity contribution in [1.82, 2.24) is 15.0 Å². The van der Waals surface area contributed by atoms with Crippen molar-refractivity contribution in [1.29, 1.82) is 0 Å². The van der Waals surface area contributed by atoms with Crippen molar-refractivity contribution in [3.8, 4) is 51.2 Å². The van der Waals surface area contributed by atoms with E-state index in [1.54, 1.807) is 18.6 Å². The minimum atomic E-state index is 0.386. The summed E-state index contributed by atoms with van der Waals surface area (Å²) in [7, 11) is 0. The van der Waals surface area contributed by atoms with Crippen LogP contribution in [0.1, 0.15) is 33.4 Å². The van der Waals surface area contributed by atoms with E-state index in [4.69, 9.17) is 27.5 Å². The Labute approximate surface area is 277 Å². The summed E-state index contributed by atoms with van der Waals surface area (Å²) in [5.41, 5.74) is 9.47. The van der Waals surface area contributed by atoms with Crippen LogP contribution in [0.25, 0.3) is 34.0 Å². The Morgan fingerprint density at radius 1 is 0.417 bits per heavy atom. The van der Waals surface area contributed by atoms with Crippen molar-refractivity contribution in [2.24, 2.45) is 0 Å². The van der Waals surface area contributed by atoms with Crippen LogP contribution >= 0.6 is 0 Å². The Morgan fingerprint density at radius 2 is 0.688 bits per heavy atom. The van der Waals surface area contributed by atoms with Crippen LogP contribution in [0, 0.1) is 20.8 Å². The summed E-state index contributed by atoms with van der Waals surface area (Å²) >= 11 is 0. The molecule has 3 heterocycles. The van der Waals surface area contributed by atoms with Gasteiger partial charge in [0.25, 0.3) is 0 Å². The lowest BCUT2D eigenvalue weighted by atomic mass is 9.89. The zero-order valence-corrected chi connectivity index (χ0v) is 26.8. The normalized spacial score (nSPS) is 11.1. The van der Waals surface area contributed by atoms with Crippen LogP contribution in [0.15, 0.2) is 124 Å². The Hall–Kier alpha value is -6.09. The molecule has 0 bridgehead atoms. The van der Waals surface area contributed by atoms with Crippen molar-refractivity contribution in [3.05, 3.63) is 144 Å². The second kappa shape index (κ2) is 13.7. The fourth-order valence-corrected chi connectivity index (χ4v) is 5.73. The molecule has 0 unspecified atom stereocenters. The van der Waals surface area contributed by atoms with Gasteiger partial charge in [0.2, 0.25) is 0 Å². The quantitative estimate of drug-likeness (QED) is 0.129. The third-order valence-corrected chi connectivity index (χ3v) is 8.58. The first kappa shape index (κ1) is 30.6. The van der Waals surface area contributed by atoms with Crippen molar-refractivity contribution >= 4 is 0 Å². The molecule has 0 saturated heterocycles. The molecule has 3 aromatic heterocycles. The summed E-state index contributed by atoms with van der Waals surface area (Å²) in [6.45, 7) is 7.55. The third-order valence-electron chi connectivity index (χ3n) is 8.58. The van der Waals surface area contributed by atoms with Crippen molar-refractivity contribution < 1.29 is 27.5 Å². The molecule has 0 aliphatic carbocycles. The van der Waals surface area contributed by atoms with Gasteiger partial charge in [-0.2, -0.15) is 0 Å². The topological polar surface area (TPSA) is 106 Å². The highest BCUT2D eigenvalue weighted by Crippen LogP contribution is 2.32. The Balaban J connectivity index is 1.13. The Bertz CT molecular complexity index is 1810. The summed E-state index contributed by atoms with van der Waals surface area (Å²) < 4.78 is 35.3. The van der Waals surface area contributed by atoms with Gasteiger partial charge in [0.15, 0.2) is 36.5 Å². The van der Waals surface area contributed by atoms with Gasteiger partial charge in [0.1, 0.15) is 37.1 Å². The molecule has 0 aliphatic rings. The maximum atomic E-state index is 6.34. The molecule has 0 aliphatic heterocycles. The lowest BCUT2D eigenvalue weighted by molar-refractivity contribution is 0.290. The largest absolute Gasteiger partial charge is 0.489 e. The van der Waals surface area contributed by atoms with Crippen molar-refractivity contribution in [3.63, 3.8) is 0 Å². The maximum absolute atomic E-state index is 6.34. The summed E-state index contributed by atoms with van der Waals surface area (Å²) in [5, 5.41) is 0. The second-order valence-electron chi connectivity index (χ2n) is 11.3. The minimum Gasteiger partial charge on any atom is -0.489 e. The maximum Gasteiger partial charge on any atom is 0.181 e. The molecule has 0 radical (unpaired) electrons. The van der Waals surface area contributed by atoms with Crippen LogP contribution in [0.2, 0.25) is 0 Å². The van der Waals surface area contributed by atoms with Gasteiger partial charge in [-0.15, -0.1) is 0 Å². The lowest BCUT2D eigenvalue weighted by Crippen LogP contribution is -2.13. The second-order valence-corrected chi connectivity index (χ2v) is 11.3. The number of hydrogen-bond acceptors (Lipinski definition) is 9. The molecule has 48 heavy (non-hydrogen) atoms. The predicted octanol–water partition coefficient (Wildman–Crippen LogP) is 9.31. The van der Waals surface area contributed by atoms with E-state index < -0.39 is 0 Å². The minimum absolute atomic E-state index is 0.386. The average molecular weight is 640 g/mol. The zero-order chi connectivity index (χ0) is 32.9. The molecule has 4 aromatic carbocycles. The standard InChI is InChI=1S/C39H33N3O6/c1-25-34(19-43-31-10-4-28(5-11-31)37-16-40-22-46-37)26(2)36(21-45-33-14-8-30(9-15-33)39-18-42-24-48-39)27(3)35(25)20-44-32-12-6-29(7-13-32)38-17-41-23-47-38/h4-18,22-24H,19-21H2,1-3H3. The molecule has 0 amide bonds. The average Bonchev–Trinajstić information content (AvgIpc) is 3.94. The van der Waals surface area contributed by atoms with Crippen LogP contribution in [-0.2, 0) is 19.8 Å². The highest BCUT2D eigenvalue weighted by atomic mass is 16.5. The molecule has 0 saturated carbocycles. The summed E-state index contributed by atoms with van der Waals surface area (Å²) in [6, 6.07) is 23.4. The number of rotatable bonds is 12.